The van der Waals surface area contributed by atoms with Crippen molar-refractivity contribution in [3.63, 3.8) is 0 Å². The maximum Gasteiger partial charge on any atom is 0.338 e. The molecule has 2 aromatic rings. The molecule has 0 aliphatic carbocycles. The number of carbonyl (C=O) groups is 2. The van der Waals surface area contributed by atoms with Crippen molar-refractivity contribution in [2.24, 2.45) is 0 Å². The lowest BCUT2D eigenvalue weighted by atomic mass is 10.1. The van der Waals surface area contributed by atoms with E-state index in [-0.39, 0.29) is 10.6 Å². The molecule has 0 heterocycles. The van der Waals surface area contributed by atoms with Crippen LogP contribution in [0.5, 0.6) is 0 Å². The van der Waals surface area contributed by atoms with Gasteiger partial charge >= 0.3 is 5.97 Å². The van der Waals surface area contributed by atoms with Crippen molar-refractivity contribution in [3.8, 4) is 0 Å². The van der Waals surface area contributed by atoms with Crippen molar-refractivity contribution in [3.05, 3.63) is 63.6 Å². The van der Waals surface area contributed by atoms with E-state index in [0.717, 1.165) is 6.42 Å². The molecule has 2 aromatic carbocycles. The molecule has 6 heteroatoms. The fourth-order valence-corrected chi connectivity index (χ4v) is 2.27. The van der Waals surface area contributed by atoms with Crippen LogP contribution in [-0.2, 0) is 16.0 Å². The standard InChI is InChI=1S/C18H17Cl2NO3/c1-3-12-4-7-14(8-5-12)21-17(22)11(2)24-18(23)13-6-9-15(19)16(20)10-13/h4-11H,3H2,1-2H3,(H,21,22)/t11-/m0/s1. The first kappa shape index (κ1) is 18.3. The lowest BCUT2D eigenvalue weighted by Crippen LogP contribution is -2.30. The Kier molecular flexibility index (Phi) is 6.23. The van der Waals surface area contributed by atoms with Crippen LogP contribution in [0.3, 0.4) is 0 Å². The Morgan fingerprint density at radius 1 is 1.08 bits per heavy atom. The van der Waals surface area contributed by atoms with Crippen molar-refractivity contribution in [2.45, 2.75) is 26.4 Å². The monoisotopic (exact) mass is 365 g/mol. The molecule has 0 aliphatic rings. The largest absolute Gasteiger partial charge is 0.449 e. The third-order valence-corrected chi connectivity index (χ3v) is 4.18. The number of aryl methyl sites for hydroxylation is 1. The van der Waals surface area contributed by atoms with Gasteiger partial charge in [0.1, 0.15) is 0 Å². The number of halogens is 2. The van der Waals surface area contributed by atoms with E-state index in [1.807, 2.05) is 24.3 Å². The summed E-state index contributed by atoms with van der Waals surface area (Å²) in [4.78, 5) is 24.2. The quantitative estimate of drug-likeness (QED) is 0.778. The number of ether oxygens (including phenoxy) is 1. The zero-order valence-corrected chi connectivity index (χ0v) is 14.8. The highest BCUT2D eigenvalue weighted by Gasteiger charge is 2.19. The second-order valence-electron chi connectivity index (χ2n) is 5.22. The number of esters is 1. The lowest BCUT2D eigenvalue weighted by Gasteiger charge is -2.14. The third kappa shape index (κ3) is 4.73. The van der Waals surface area contributed by atoms with Crippen LogP contribution in [0.1, 0.15) is 29.8 Å². The molecule has 126 valence electrons. The van der Waals surface area contributed by atoms with Gasteiger partial charge in [0.05, 0.1) is 15.6 Å². The normalized spacial score (nSPS) is 11.7. The summed E-state index contributed by atoms with van der Waals surface area (Å²) < 4.78 is 5.16. The number of carbonyl (C=O) groups excluding carboxylic acids is 2. The molecule has 0 saturated carbocycles. The van der Waals surface area contributed by atoms with Crippen molar-refractivity contribution in [2.75, 3.05) is 5.32 Å². The number of benzene rings is 2. The Bertz CT molecular complexity index is 744. The topological polar surface area (TPSA) is 55.4 Å². The van der Waals surface area contributed by atoms with Gasteiger partial charge < -0.3 is 10.1 Å². The van der Waals surface area contributed by atoms with Crippen LogP contribution < -0.4 is 5.32 Å². The zero-order chi connectivity index (χ0) is 17.7. The van der Waals surface area contributed by atoms with Gasteiger partial charge in [-0.15, -0.1) is 0 Å². The summed E-state index contributed by atoms with van der Waals surface area (Å²) in [6.07, 6.45) is -0.0240. The van der Waals surface area contributed by atoms with Gasteiger partial charge in [0, 0.05) is 5.69 Å². The number of rotatable bonds is 5. The zero-order valence-electron chi connectivity index (χ0n) is 13.3. The predicted octanol–water partition coefficient (Wildman–Crippen LogP) is 4.74. The van der Waals surface area contributed by atoms with Gasteiger partial charge in [0.2, 0.25) is 0 Å². The Balaban J connectivity index is 1.97. The van der Waals surface area contributed by atoms with Gasteiger partial charge in [0.25, 0.3) is 5.91 Å². The minimum atomic E-state index is -0.946. The number of hydrogen-bond donors (Lipinski definition) is 1. The fraction of sp³-hybridized carbons (Fsp3) is 0.222. The molecule has 1 amide bonds. The SMILES string of the molecule is CCc1ccc(NC(=O)[C@H](C)OC(=O)c2ccc(Cl)c(Cl)c2)cc1. The summed E-state index contributed by atoms with van der Waals surface area (Å²) >= 11 is 11.7. The van der Waals surface area contributed by atoms with E-state index in [2.05, 4.69) is 12.2 Å². The first-order valence-corrected chi connectivity index (χ1v) is 8.22. The molecule has 0 spiro atoms. The Hall–Kier alpha value is -2.04. The van der Waals surface area contributed by atoms with Gasteiger partial charge in [0.15, 0.2) is 6.10 Å². The van der Waals surface area contributed by atoms with Crippen LogP contribution in [-0.4, -0.2) is 18.0 Å². The molecule has 2 rings (SSSR count). The van der Waals surface area contributed by atoms with Gasteiger partial charge in [-0.25, -0.2) is 4.79 Å². The van der Waals surface area contributed by atoms with Crippen molar-refractivity contribution in [1.29, 1.82) is 0 Å². The molecular weight excluding hydrogens is 349 g/mol. The smallest absolute Gasteiger partial charge is 0.338 e. The van der Waals surface area contributed by atoms with E-state index >= 15 is 0 Å². The molecule has 0 aromatic heterocycles. The van der Waals surface area contributed by atoms with Gasteiger partial charge in [-0.2, -0.15) is 0 Å². The molecule has 0 fully saturated rings. The van der Waals surface area contributed by atoms with Crippen LogP contribution in [0.15, 0.2) is 42.5 Å². The second kappa shape index (κ2) is 8.18. The Labute approximate surface area is 150 Å². The highest BCUT2D eigenvalue weighted by atomic mass is 35.5. The first-order valence-electron chi connectivity index (χ1n) is 7.46. The summed E-state index contributed by atoms with van der Waals surface area (Å²) in [5, 5.41) is 3.30. The predicted molar refractivity (Wildman–Crippen MR) is 95.8 cm³/mol. The van der Waals surface area contributed by atoms with Crippen LogP contribution >= 0.6 is 23.2 Å². The molecule has 24 heavy (non-hydrogen) atoms. The molecule has 1 N–H and O–H groups in total. The minimum Gasteiger partial charge on any atom is -0.449 e. The maximum atomic E-state index is 12.1. The highest BCUT2D eigenvalue weighted by Crippen LogP contribution is 2.23. The average Bonchev–Trinajstić information content (AvgIpc) is 2.57. The highest BCUT2D eigenvalue weighted by molar-refractivity contribution is 6.42. The van der Waals surface area contributed by atoms with Crippen molar-refractivity contribution in [1.82, 2.24) is 0 Å². The molecule has 0 aliphatic heterocycles. The number of hydrogen-bond acceptors (Lipinski definition) is 3. The molecule has 1 atom stereocenters. The van der Waals surface area contributed by atoms with Gasteiger partial charge in [-0.05, 0) is 49.2 Å². The van der Waals surface area contributed by atoms with Crippen LogP contribution in [0.2, 0.25) is 10.0 Å². The van der Waals surface area contributed by atoms with Crippen LogP contribution in [0, 0.1) is 0 Å². The third-order valence-electron chi connectivity index (χ3n) is 3.44. The summed E-state index contributed by atoms with van der Waals surface area (Å²) in [5.41, 5.74) is 2.05. The summed E-state index contributed by atoms with van der Waals surface area (Å²) in [7, 11) is 0. The Morgan fingerprint density at radius 3 is 2.33 bits per heavy atom. The molecule has 0 bridgehead atoms. The molecule has 4 nitrogen and oxygen atoms in total. The Morgan fingerprint density at radius 2 is 1.75 bits per heavy atom. The number of anilines is 1. The molecule has 0 radical (unpaired) electrons. The van der Waals surface area contributed by atoms with E-state index in [1.165, 1.54) is 30.7 Å². The summed E-state index contributed by atoms with van der Waals surface area (Å²) in [6.45, 7) is 3.56. The van der Waals surface area contributed by atoms with Crippen molar-refractivity contribution < 1.29 is 14.3 Å². The number of nitrogens with one attached hydrogen (secondary N) is 1. The van der Waals surface area contributed by atoms with E-state index in [0.29, 0.717) is 10.7 Å². The van der Waals surface area contributed by atoms with Gasteiger partial charge in [-0.1, -0.05) is 42.3 Å². The lowest BCUT2D eigenvalue weighted by molar-refractivity contribution is -0.123. The van der Waals surface area contributed by atoms with Crippen LogP contribution in [0.25, 0.3) is 0 Å². The van der Waals surface area contributed by atoms with Crippen molar-refractivity contribution >= 4 is 40.8 Å². The van der Waals surface area contributed by atoms with E-state index in [1.54, 1.807) is 0 Å². The summed E-state index contributed by atoms with van der Waals surface area (Å²) in [6, 6.07) is 11.9. The maximum absolute atomic E-state index is 12.1. The molecular formula is C18H17Cl2NO3. The van der Waals surface area contributed by atoms with E-state index < -0.39 is 18.0 Å². The van der Waals surface area contributed by atoms with E-state index in [9.17, 15) is 9.59 Å². The van der Waals surface area contributed by atoms with Crippen LogP contribution in [0.4, 0.5) is 5.69 Å². The van der Waals surface area contributed by atoms with E-state index in [4.69, 9.17) is 27.9 Å². The minimum absolute atomic E-state index is 0.233. The fourth-order valence-electron chi connectivity index (χ4n) is 1.97. The first-order chi connectivity index (χ1) is 11.4. The number of amides is 1. The molecule has 0 unspecified atom stereocenters. The molecule has 0 saturated heterocycles. The van der Waals surface area contributed by atoms with Gasteiger partial charge in [-0.3, -0.25) is 4.79 Å². The second-order valence-corrected chi connectivity index (χ2v) is 6.03. The summed E-state index contributed by atoms with van der Waals surface area (Å²) in [5.74, 6) is -1.05. The average molecular weight is 366 g/mol.